The first-order valence-corrected chi connectivity index (χ1v) is 11.5. The van der Waals surface area contributed by atoms with E-state index >= 15 is 0 Å². The molecule has 1 atom stereocenters. The van der Waals surface area contributed by atoms with E-state index in [1.807, 2.05) is 37.3 Å². The van der Waals surface area contributed by atoms with Crippen molar-refractivity contribution in [3.8, 4) is 5.75 Å². The molecule has 3 rings (SSSR count). The monoisotopic (exact) mass is 416 g/mol. The van der Waals surface area contributed by atoms with Gasteiger partial charge in [-0.1, -0.05) is 30.3 Å². The van der Waals surface area contributed by atoms with Crippen LogP contribution in [-0.4, -0.2) is 45.0 Å². The molecule has 0 aliphatic carbocycles. The van der Waals surface area contributed by atoms with Gasteiger partial charge in [0.1, 0.15) is 11.8 Å². The molecule has 1 aliphatic heterocycles. The number of benzene rings is 2. The predicted octanol–water partition coefficient (Wildman–Crippen LogP) is 2.91. The van der Waals surface area contributed by atoms with Gasteiger partial charge in [0.2, 0.25) is 15.9 Å². The SMILES string of the molecule is CCOc1ccc(S(=O)(=O)N[C@@H](Cc2ccccc2)C(=O)N2CCCC2)cc1C. The highest BCUT2D eigenvalue weighted by molar-refractivity contribution is 7.89. The van der Waals surface area contributed by atoms with Crippen molar-refractivity contribution < 1.29 is 17.9 Å². The third-order valence-electron chi connectivity index (χ3n) is 5.05. The van der Waals surface area contributed by atoms with Gasteiger partial charge in [-0.15, -0.1) is 0 Å². The molecule has 1 fully saturated rings. The Morgan fingerprint density at radius 2 is 1.83 bits per heavy atom. The highest BCUT2D eigenvalue weighted by Crippen LogP contribution is 2.22. The van der Waals surface area contributed by atoms with E-state index in [4.69, 9.17) is 4.74 Å². The molecule has 2 aromatic rings. The summed E-state index contributed by atoms with van der Waals surface area (Å²) in [5.41, 5.74) is 1.65. The van der Waals surface area contributed by atoms with E-state index in [1.165, 1.54) is 6.07 Å². The van der Waals surface area contributed by atoms with Crippen LogP contribution in [0.5, 0.6) is 5.75 Å². The molecule has 0 spiro atoms. The van der Waals surface area contributed by atoms with E-state index in [0.717, 1.165) is 24.0 Å². The summed E-state index contributed by atoms with van der Waals surface area (Å²) in [7, 11) is -3.86. The molecule has 1 aliphatic rings. The number of carbonyl (C=O) groups excluding carboxylic acids is 1. The van der Waals surface area contributed by atoms with Gasteiger partial charge >= 0.3 is 0 Å². The number of aryl methyl sites for hydroxylation is 1. The highest BCUT2D eigenvalue weighted by Gasteiger charge is 2.31. The minimum absolute atomic E-state index is 0.130. The lowest BCUT2D eigenvalue weighted by atomic mass is 10.1. The largest absolute Gasteiger partial charge is 0.494 e. The maximum atomic E-state index is 13.1. The van der Waals surface area contributed by atoms with Crippen molar-refractivity contribution in [1.29, 1.82) is 0 Å². The molecule has 0 bridgehead atoms. The van der Waals surface area contributed by atoms with Crippen LogP contribution in [-0.2, 0) is 21.2 Å². The van der Waals surface area contributed by atoms with Gasteiger partial charge in [0.15, 0.2) is 0 Å². The van der Waals surface area contributed by atoms with Crippen LogP contribution in [0.1, 0.15) is 30.9 Å². The second-order valence-corrected chi connectivity index (χ2v) is 8.97. The fourth-order valence-electron chi connectivity index (χ4n) is 3.55. The maximum absolute atomic E-state index is 13.1. The minimum atomic E-state index is -3.86. The summed E-state index contributed by atoms with van der Waals surface area (Å²) in [6.07, 6.45) is 2.22. The lowest BCUT2D eigenvalue weighted by Crippen LogP contribution is -2.48. The number of amides is 1. The fourth-order valence-corrected chi connectivity index (χ4v) is 4.82. The number of sulfonamides is 1. The average Bonchev–Trinajstić information content (AvgIpc) is 3.24. The predicted molar refractivity (Wildman–Crippen MR) is 112 cm³/mol. The standard InChI is InChI=1S/C22H28N2O4S/c1-3-28-21-12-11-19(15-17(21)2)29(26,27)23-20(16-18-9-5-4-6-10-18)22(25)24-13-7-8-14-24/h4-6,9-12,15,20,23H,3,7-8,13-14,16H2,1-2H3/t20-/m0/s1. The summed E-state index contributed by atoms with van der Waals surface area (Å²) >= 11 is 0. The van der Waals surface area contributed by atoms with E-state index in [0.29, 0.717) is 31.9 Å². The number of nitrogens with one attached hydrogen (secondary N) is 1. The minimum Gasteiger partial charge on any atom is -0.494 e. The molecular formula is C22H28N2O4S. The van der Waals surface area contributed by atoms with Crippen LogP contribution in [0.15, 0.2) is 53.4 Å². The van der Waals surface area contributed by atoms with Crippen molar-refractivity contribution in [2.45, 2.75) is 44.0 Å². The third-order valence-corrected chi connectivity index (χ3v) is 6.52. The van der Waals surface area contributed by atoms with Crippen molar-refractivity contribution in [3.63, 3.8) is 0 Å². The highest BCUT2D eigenvalue weighted by atomic mass is 32.2. The Morgan fingerprint density at radius 1 is 1.14 bits per heavy atom. The van der Waals surface area contributed by atoms with E-state index in [2.05, 4.69) is 4.72 Å². The quantitative estimate of drug-likeness (QED) is 0.718. The zero-order valence-corrected chi connectivity index (χ0v) is 17.7. The molecule has 2 aromatic carbocycles. The van der Waals surface area contributed by atoms with Crippen LogP contribution in [0, 0.1) is 6.92 Å². The van der Waals surface area contributed by atoms with E-state index < -0.39 is 16.1 Å². The normalized spacial score (nSPS) is 15.3. The average molecular weight is 417 g/mol. The molecule has 1 heterocycles. The van der Waals surface area contributed by atoms with Gasteiger partial charge in [0.05, 0.1) is 11.5 Å². The lowest BCUT2D eigenvalue weighted by Gasteiger charge is -2.24. The Hall–Kier alpha value is -2.38. The van der Waals surface area contributed by atoms with Gasteiger partial charge in [-0.2, -0.15) is 4.72 Å². The summed E-state index contributed by atoms with van der Waals surface area (Å²) in [6.45, 7) is 5.54. The molecule has 0 saturated carbocycles. The molecule has 0 aromatic heterocycles. The molecule has 6 nitrogen and oxygen atoms in total. The van der Waals surface area contributed by atoms with E-state index in [1.54, 1.807) is 24.0 Å². The number of hydrogen-bond acceptors (Lipinski definition) is 4. The number of hydrogen-bond donors (Lipinski definition) is 1. The zero-order valence-electron chi connectivity index (χ0n) is 16.9. The molecule has 156 valence electrons. The van der Waals surface area contributed by atoms with Gasteiger partial charge in [-0.25, -0.2) is 8.42 Å². The maximum Gasteiger partial charge on any atom is 0.241 e. The second kappa shape index (κ2) is 9.41. The molecule has 29 heavy (non-hydrogen) atoms. The second-order valence-electron chi connectivity index (χ2n) is 7.26. The van der Waals surface area contributed by atoms with Crippen LogP contribution in [0.4, 0.5) is 0 Å². The topological polar surface area (TPSA) is 75.7 Å². The number of nitrogens with zero attached hydrogens (tertiary/aromatic N) is 1. The summed E-state index contributed by atoms with van der Waals surface area (Å²) in [5, 5.41) is 0. The molecule has 1 saturated heterocycles. The molecule has 7 heteroatoms. The van der Waals surface area contributed by atoms with Crippen LogP contribution < -0.4 is 9.46 Å². The van der Waals surface area contributed by atoms with Crippen molar-refractivity contribution in [2.24, 2.45) is 0 Å². The molecule has 1 amide bonds. The third kappa shape index (κ3) is 5.36. The van der Waals surface area contributed by atoms with Crippen LogP contribution in [0.3, 0.4) is 0 Å². The van der Waals surface area contributed by atoms with Gasteiger partial charge in [-0.3, -0.25) is 4.79 Å². The smallest absolute Gasteiger partial charge is 0.241 e. The molecule has 0 radical (unpaired) electrons. The van der Waals surface area contributed by atoms with Crippen molar-refractivity contribution in [1.82, 2.24) is 9.62 Å². The summed E-state index contributed by atoms with van der Waals surface area (Å²) < 4.78 is 34.2. The summed E-state index contributed by atoms with van der Waals surface area (Å²) in [6, 6.07) is 13.4. The Kier molecular flexibility index (Phi) is 6.92. The summed E-state index contributed by atoms with van der Waals surface area (Å²) in [5.74, 6) is 0.484. The molecule has 1 N–H and O–H groups in total. The first kappa shape index (κ1) is 21.3. The number of carbonyl (C=O) groups is 1. The van der Waals surface area contributed by atoms with Crippen LogP contribution in [0.25, 0.3) is 0 Å². The zero-order chi connectivity index (χ0) is 20.9. The number of likely N-dealkylation sites (tertiary alicyclic amines) is 1. The van der Waals surface area contributed by atoms with Crippen LogP contribution >= 0.6 is 0 Å². The Balaban J connectivity index is 1.85. The van der Waals surface area contributed by atoms with Crippen molar-refractivity contribution in [2.75, 3.05) is 19.7 Å². The Morgan fingerprint density at radius 3 is 2.45 bits per heavy atom. The number of ether oxygens (including phenoxy) is 1. The van der Waals surface area contributed by atoms with E-state index in [9.17, 15) is 13.2 Å². The van der Waals surface area contributed by atoms with Gasteiger partial charge < -0.3 is 9.64 Å². The Bertz CT molecular complexity index is 939. The van der Waals surface area contributed by atoms with Crippen molar-refractivity contribution in [3.05, 3.63) is 59.7 Å². The van der Waals surface area contributed by atoms with Gasteiger partial charge in [0, 0.05) is 13.1 Å². The van der Waals surface area contributed by atoms with Gasteiger partial charge in [-0.05, 0) is 62.4 Å². The lowest BCUT2D eigenvalue weighted by molar-refractivity contribution is -0.131. The first-order chi connectivity index (χ1) is 13.9. The van der Waals surface area contributed by atoms with Crippen molar-refractivity contribution >= 4 is 15.9 Å². The molecular weight excluding hydrogens is 388 g/mol. The number of rotatable bonds is 8. The first-order valence-electron chi connectivity index (χ1n) is 9.99. The van der Waals surface area contributed by atoms with E-state index in [-0.39, 0.29) is 10.8 Å². The summed E-state index contributed by atoms with van der Waals surface area (Å²) in [4.78, 5) is 14.9. The van der Waals surface area contributed by atoms with Gasteiger partial charge in [0.25, 0.3) is 0 Å². The fraction of sp³-hybridized carbons (Fsp3) is 0.409. The Labute approximate surface area is 172 Å². The molecule has 0 unspecified atom stereocenters. The van der Waals surface area contributed by atoms with Crippen LogP contribution in [0.2, 0.25) is 0 Å².